The molecular weight excluding hydrogens is 312 g/mol. The van der Waals surface area contributed by atoms with Gasteiger partial charge in [0.2, 0.25) is 5.91 Å². The molecule has 2 heterocycles. The number of rotatable bonds is 7. The first-order valence-electron chi connectivity index (χ1n) is 7.89. The Hall–Kier alpha value is -2.38. The number of carboxylic acids is 1. The molecule has 3 N–H and O–H groups in total. The number of aliphatic carboxylic acids is 1. The van der Waals surface area contributed by atoms with Crippen LogP contribution in [0.5, 0.6) is 0 Å². The summed E-state index contributed by atoms with van der Waals surface area (Å²) >= 11 is 0. The van der Waals surface area contributed by atoms with E-state index in [2.05, 4.69) is 10.3 Å². The minimum Gasteiger partial charge on any atom is -0.481 e. The van der Waals surface area contributed by atoms with Gasteiger partial charge < -0.3 is 24.9 Å². The van der Waals surface area contributed by atoms with Crippen LogP contribution in [0.25, 0.3) is 10.9 Å². The molecule has 1 aliphatic rings. The number of carbonyl (C=O) groups is 2. The van der Waals surface area contributed by atoms with E-state index in [0.717, 1.165) is 16.5 Å². The van der Waals surface area contributed by atoms with Crippen molar-refractivity contribution in [2.45, 2.75) is 25.0 Å². The number of benzene rings is 1. The van der Waals surface area contributed by atoms with Gasteiger partial charge in [0.25, 0.3) is 0 Å². The second kappa shape index (κ2) is 7.02. The van der Waals surface area contributed by atoms with Crippen molar-refractivity contribution < 1.29 is 24.2 Å². The summed E-state index contributed by atoms with van der Waals surface area (Å²) in [7, 11) is 0. The van der Waals surface area contributed by atoms with Crippen LogP contribution in [0.15, 0.2) is 30.5 Å². The van der Waals surface area contributed by atoms with Crippen LogP contribution >= 0.6 is 0 Å². The van der Waals surface area contributed by atoms with E-state index >= 15 is 0 Å². The highest BCUT2D eigenvalue weighted by Gasteiger charge is 2.41. The molecule has 7 nitrogen and oxygen atoms in total. The largest absolute Gasteiger partial charge is 0.481 e. The summed E-state index contributed by atoms with van der Waals surface area (Å²) in [5.41, 5.74) is 2.19. The van der Waals surface area contributed by atoms with Gasteiger partial charge in [0.05, 0.1) is 26.1 Å². The molecule has 128 valence electrons. The van der Waals surface area contributed by atoms with Crippen LogP contribution in [0.1, 0.15) is 18.4 Å². The number of H-pyrrole nitrogens is 1. The zero-order valence-electron chi connectivity index (χ0n) is 13.2. The molecule has 1 saturated heterocycles. The number of nitrogens with one attached hydrogen (secondary N) is 2. The van der Waals surface area contributed by atoms with E-state index in [1.807, 2.05) is 30.5 Å². The van der Waals surface area contributed by atoms with Crippen LogP contribution < -0.4 is 5.32 Å². The molecule has 0 radical (unpaired) electrons. The predicted molar refractivity (Wildman–Crippen MR) is 86.5 cm³/mol. The summed E-state index contributed by atoms with van der Waals surface area (Å²) in [6, 6.07) is 7.98. The van der Waals surface area contributed by atoms with E-state index in [1.54, 1.807) is 0 Å². The molecule has 1 aromatic carbocycles. The standard InChI is InChI=1S/C17H20N2O5/c20-15(9-17(10-16(21)22)23-7-8-24-17)18-6-5-12-11-19-14-4-2-1-3-13(12)14/h1-4,11,19H,5-10H2,(H,18,20)(H,21,22). The number of para-hydroxylation sites is 1. The molecule has 0 atom stereocenters. The van der Waals surface area contributed by atoms with Crippen molar-refractivity contribution in [2.75, 3.05) is 19.8 Å². The Morgan fingerprint density at radius 3 is 2.71 bits per heavy atom. The van der Waals surface area contributed by atoms with Crippen LogP contribution in [-0.2, 0) is 25.5 Å². The van der Waals surface area contributed by atoms with E-state index in [1.165, 1.54) is 0 Å². The highest BCUT2D eigenvalue weighted by Crippen LogP contribution is 2.27. The topological polar surface area (TPSA) is 101 Å². The fraction of sp³-hybridized carbons (Fsp3) is 0.412. The van der Waals surface area contributed by atoms with E-state index in [-0.39, 0.29) is 18.7 Å². The first-order valence-corrected chi connectivity index (χ1v) is 7.89. The van der Waals surface area contributed by atoms with Crippen molar-refractivity contribution in [2.24, 2.45) is 0 Å². The maximum Gasteiger partial charge on any atom is 0.308 e. The van der Waals surface area contributed by atoms with Gasteiger partial charge in [-0.1, -0.05) is 18.2 Å². The summed E-state index contributed by atoms with van der Waals surface area (Å²) in [4.78, 5) is 26.2. The SMILES string of the molecule is O=C(O)CC1(CC(=O)NCCc2c[nH]c3ccccc23)OCCO1. The van der Waals surface area contributed by atoms with E-state index in [9.17, 15) is 9.59 Å². The van der Waals surface area contributed by atoms with Crippen LogP contribution in [-0.4, -0.2) is 47.5 Å². The molecule has 0 aliphatic carbocycles. The monoisotopic (exact) mass is 332 g/mol. The van der Waals surface area contributed by atoms with Gasteiger partial charge >= 0.3 is 5.97 Å². The van der Waals surface area contributed by atoms with Crippen LogP contribution in [0, 0.1) is 0 Å². The lowest BCUT2D eigenvalue weighted by atomic mass is 10.1. The number of carboxylic acid groups (broad SMARTS) is 1. The Labute approximate surface area is 138 Å². The molecule has 24 heavy (non-hydrogen) atoms. The van der Waals surface area contributed by atoms with Crippen molar-refractivity contribution in [3.8, 4) is 0 Å². The zero-order chi connectivity index (χ0) is 17.0. The third-order valence-electron chi connectivity index (χ3n) is 4.06. The second-order valence-electron chi connectivity index (χ2n) is 5.81. The summed E-state index contributed by atoms with van der Waals surface area (Å²) in [5.74, 6) is -2.67. The van der Waals surface area contributed by atoms with Crippen LogP contribution in [0.2, 0.25) is 0 Å². The van der Waals surface area contributed by atoms with Gasteiger partial charge in [0, 0.05) is 23.6 Å². The molecule has 1 aromatic heterocycles. The van der Waals surface area contributed by atoms with Crippen LogP contribution in [0.4, 0.5) is 0 Å². The number of fused-ring (bicyclic) bond motifs is 1. The highest BCUT2D eigenvalue weighted by atomic mass is 16.7. The Balaban J connectivity index is 1.53. The Bertz CT molecular complexity index is 733. The van der Waals surface area contributed by atoms with Crippen molar-refractivity contribution in [3.05, 3.63) is 36.0 Å². The maximum atomic E-state index is 12.1. The summed E-state index contributed by atoms with van der Waals surface area (Å²) in [5, 5.41) is 12.9. The quantitative estimate of drug-likeness (QED) is 0.712. The van der Waals surface area contributed by atoms with E-state index in [4.69, 9.17) is 14.6 Å². The Morgan fingerprint density at radius 1 is 1.21 bits per heavy atom. The molecule has 0 saturated carbocycles. The first kappa shape index (κ1) is 16.5. The van der Waals surface area contributed by atoms with Gasteiger partial charge in [-0.05, 0) is 18.1 Å². The third-order valence-corrected chi connectivity index (χ3v) is 4.06. The van der Waals surface area contributed by atoms with Crippen molar-refractivity contribution >= 4 is 22.8 Å². The van der Waals surface area contributed by atoms with Gasteiger partial charge in [0.15, 0.2) is 5.79 Å². The zero-order valence-corrected chi connectivity index (χ0v) is 13.2. The summed E-state index contributed by atoms with van der Waals surface area (Å²) in [6.45, 7) is 1.07. The number of amides is 1. The molecule has 1 amide bonds. The second-order valence-corrected chi connectivity index (χ2v) is 5.81. The van der Waals surface area contributed by atoms with E-state index in [0.29, 0.717) is 26.2 Å². The number of aromatic nitrogens is 1. The summed E-state index contributed by atoms with van der Waals surface area (Å²) in [6.07, 6.45) is 2.16. The Morgan fingerprint density at radius 2 is 1.96 bits per heavy atom. The van der Waals surface area contributed by atoms with Gasteiger partial charge in [0.1, 0.15) is 0 Å². The van der Waals surface area contributed by atoms with Gasteiger partial charge in [-0.3, -0.25) is 9.59 Å². The van der Waals surface area contributed by atoms with Crippen molar-refractivity contribution in [1.82, 2.24) is 10.3 Å². The molecule has 1 aliphatic heterocycles. The molecule has 7 heteroatoms. The lowest BCUT2D eigenvalue weighted by molar-refractivity contribution is -0.184. The third kappa shape index (κ3) is 3.74. The number of carbonyl (C=O) groups excluding carboxylic acids is 1. The normalized spacial score (nSPS) is 16.3. The smallest absolute Gasteiger partial charge is 0.308 e. The number of hydrogen-bond donors (Lipinski definition) is 3. The minimum absolute atomic E-state index is 0.118. The molecule has 1 fully saturated rings. The van der Waals surface area contributed by atoms with Crippen LogP contribution in [0.3, 0.4) is 0 Å². The summed E-state index contributed by atoms with van der Waals surface area (Å²) < 4.78 is 10.7. The number of aromatic amines is 1. The van der Waals surface area contributed by atoms with Crippen molar-refractivity contribution in [3.63, 3.8) is 0 Å². The number of hydrogen-bond acceptors (Lipinski definition) is 4. The molecule has 2 aromatic rings. The first-order chi connectivity index (χ1) is 11.6. The molecule has 0 bridgehead atoms. The van der Waals surface area contributed by atoms with Gasteiger partial charge in [-0.2, -0.15) is 0 Å². The minimum atomic E-state index is -1.34. The Kier molecular flexibility index (Phi) is 4.82. The van der Waals surface area contributed by atoms with Gasteiger partial charge in [-0.15, -0.1) is 0 Å². The average molecular weight is 332 g/mol. The number of ether oxygens (including phenoxy) is 2. The predicted octanol–water partition coefficient (Wildman–Crippen LogP) is 1.43. The van der Waals surface area contributed by atoms with Gasteiger partial charge in [-0.25, -0.2) is 0 Å². The molecule has 0 unspecified atom stereocenters. The molecule has 0 spiro atoms. The maximum absolute atomic E-state index is 12.1. The lowest BCUT2D eigenvalue weighted by Crippen LogP contribution is -2.40. The lowest BCUT2D eigenvalue weighted by Gasteiger charge is -2.24. The molecule has 3 rings (SSSR count). The van der Waals surface area contributed by atoms with E-state index < -0.39 is 11.8 Å². The molecular formula is C17H20N2O5. The fourth-order valence-electron chi connectivity index (χ4n) is 2.98. The van der Waals surface area contributed by atoms with Crippen molar-refractivity contribution in [1.29, 1.82) is 0 Å². The highest BCUT2D eigenvalue weighted by molar-refractivity contribution is 5.83. The average Bonchev–Trinajstić information content (AvgIpc) is 3.14. The fourth-order valence-corrected chi connectivity index (χ4v) is 2.98.